The Morgan fingerprint density at radius 1 is 1.86 bits per heavy atom. The molecule has 2 nitrogen and oxygen atoms in total. The van der Waals surface area contributed by atoms with E-state index in [1.54, 1.807) is 0 Å². The summed E-state index contributed by atoms with van der Waals surface area (Å²) in [5.41, 5.74) is 0. The molecule has 0 saturated carbocycles. The highest BCUT2D eigenvalue weighted by molar-refractivity contribution is 5.77. The number of hydrogen-bond acceptors (Lipinski definition) is 2. The van der Waals surface area contributed by atoms with Crippen molar-refractivity contribution >= 4 is 6.21 Å². The van der Waals surface area contributed by atoms with Gasteiger partial charge >= 0.3 is 0 Å². The van der Waals surface area contributed by atoms with Crippen molar-refractivity contribution in [2.45, 2.75) is 0 Å². The van der Waals surface area contributed by atoms with Crippen LogP contribution in [0.5, 0.6) is 0 Å². The van der Waals surface area contributed by atoms with Crippen molar-refractivity contribution in [1.29, 1.82) is 0 Å². The average Bonchev–Trinajstić information content (AvgIpc) is 1.69. The van der Waals surface area contributed by atoms with E-state index < -0.39 is 0 Å². The van der Waals surface area contributed by atoms with E-state index in [4.69, 9.17) is 0 Å². The Kier molecular flexibility index (Phi) is 4.33. The zero-order valence-corrected chi connectivity index (χ0v) is 4.14. The van der Waals surface area contributed by atoms with Crippen molar-refractivity contribution in [1.82, 2.24) is 0 Å². The SMILES string of the molecule is [CH2]C#CC=NOC. The first-order chi connectivity index (χ1) is 3.41. The summed E-state index contributed by atoms with van der Waals surface area (Å²) in [4.78, 5) is 4.28. The van der Waals surface area contributed by atoms with Crippen LogP contribution in [0.3, 0.4) is 0 Å². The molecular formula is C5H6NO. The molecule has 0 rings (SSSR count). The summed E-state index contributed by atoms with van der Waals surface area (Å²) in [6.07, 6.45) is 1.34. The van der Waals surface area contributed by atoms with Crippen LogP contribution in [0.1, 0.15) is 0 Å². The third kappa shape index (κ3) is 5.03. The third-order valence-corrected chi connectivity index (χ3v) is 0.325. The number of hydrogen-bond donors (Lipinski definition) is 0. The highest BCUT2D eigenvalue weighted by Gasteiger charge is 1.54. The minimum absolute atomic E-state index is 1.34. The zero-order valence-electron chi connectivity index (χ0n) is 4.14. The minimum Gasteiger partial charge on any atom is -0.399 e. The van der Waals surface area contributed by atoms with Crippen molar-refractivity contribution in [3.8, 4) is 11.8 Å². The Hall–Kier alpha value is -0.970. The molecule has 0 amide bonds. The Morgan fingerprint density at radius 3 is 3.00 bits per heavy atom. The molecule has 0 N–H and O–H groups in total. The normalized spacial score (nSPS) is 7.71. The first-order valence-electron chi connectivity index (χ1n) is 1.74. The lowest BCUT2D eigenvalue weighted by Crippen LogP contribution is -1.67. The summed E-state index contributed by atoms with van der Waals surface area (Å²) >= 11 is 0. The van der Waals surface area contributed by atoms with Gasteiger partial charge in [-0.05, 0) is 0 Å². The van der Waals surface area contributed by atoms with E-state index in [1.807, 2.05) is 0 Å². The van der Waals surface area contributed by atoms with Gasteiger partial charge in [0.15, 0.2) is 0 Å². The number of rotatable bonds is 1. The van der Waals surface area contributed by atoms with Gasteiger partial charge in [-0.15, -0.1) is 0 Å². The highest BCUT2D eigenvalue weighted by Crippen LogP contribution is 1.59. The van der Waals surface area contributed by atoms with Crippen molar-refractivity contribution in [3.63, 3.8) is 0 Å². The molecule has 2 heteroatoms. The first-order valence-corrected chi connectivity index (χ1v) is 1.74. The smallest absolute Gasteiger partial charge is 0.116 e. The molecule has 0 heterocycles. The molecule has 0 aromatic rings. The van der Waals surface area contributed by atoms with Gasteiger partial charge < -0.3 is 4.84 Å². The fourth-order valence-electron chi connectivity index (χ4n) is 0.125. The van der Waals surface area contributed by atoms with Gasteiger partial charge in [0.1, 0.15) is 13.3 Å². The molecule has 1 radical (unpaired) electrons. The van der Waals surface area contributed by atoms with Gasteiger partial charge in [-0.1, -0.05) is 17.0 Å². The van der Waals surface area contributed by atoms with E-state index in [-0.39, 0.29) is 0 Å². The van der Waals surface area contributed by atoms with Crippen LogP contribution in [0.15, 0.2) is 5.16 Å². The summed E-state index contributed by atoms with van der Waals surface area (Å²) in [5, 5.41) is 3.32. The van der Waals surface area contributed by atoms with Crippen LogP contribution >= 0.6 is 0 Å². The van der Waals surface area contributed by atoms with Crippen molar-refractivity contribution in [2.75, 3.05) is 7.11 Å². The molecule has 0 aliphatic heterocycles. The molecule has 0 saturated heterocycles. The number of nitrogens with zero attached hydrogens (tertiary/aromatic N) is 1. The molecule has 0 atom stereocenters. The van der Waals surface area contributed by atoms with Crippen LogP contribution in [-0.2, 0) is 4.84 Å². The molecular weight excluding hydrogens is 90.1 g/mol. The van der Waals surface area contributed by atoms with Crippen molar-refractivity contribution in [3.05, 3.63) is 6.92 Å². The van der Waals surface area contributed by atoms with Gasteiger partial charge in [-0.2, -0.15) is 0 Å². The molecule has 0 spiro atoms. The van der Waals surface area contributed by atoms with E-state index in [0.717, 1.165) is 0 Å². The van der Waals surface area contributed by atoms with E-state index in [2.05, 4.69) is 28.8 Å². The van der Waals surface area contributed by atoms with E-state index >= 15 is 0 Å². The van der Waals surface area contributed by atoms with Crippen LogP contribution in [0, 0.1) is 18.8 Å². The molecule has 0 aliphatic carbocycles. The Bertz CT molecular complexity index is 107. The lowest BCUT2D eigenvalue weighted by atomic mass is 10.6. The summed E-state index contributed by atoms with van der Waals surface area (Å²) in [6, 6.07) is 0. The predicted octanol–water partition coefficient (Wildman–Crippen LogP) is 0.456. The molecule has 0 aromatic carbocycles. The summed E-state index contributed by atoms with van der Waals surface area (Å²) in [6.45, 7) is 3.25. The lowest BCUT2D eigenvalue weighted by Gasteiger charge is -1.75. The van der Waals surface area contributed by atoms with Crippen LogP contribution in [0.2, 0.25) is 0 Å². The standard InChI is InChI=1S/C5H6NO/c1-3-4-5-6-7-2/h5H,1H2,2H3. The highest BCUT2D eigenvalue weighted by atomic mass is 16.6. The van der Waals surface area contributed by atoms with Gasteiger partial charge in [-0.3, -0.25) is 0 Å². The van der Waals surface area contributed by atoms with E-state index in [1.165, 1.54) is 13.3 Å². The molecule has 0 aromatic heterocycles. The van der Waals surface area contributed by atoms with Gasteiger partial charge in [0.2, 0.25) is 0 Å². The van der Waals surface area contributed by atoms with Crippen LogP contribution in [0.25, 0.3) is 0 Å². The monoisotopic (exact) mass is 96.0 g/mol. The molecule has 0 unspecified atom stereocenters. The predicted molar refractivity (Wildman–Crippen MR) is 28.6 cm³/mol. The van der Waals surface area contributed by atoms with Crippen LogP contribution in [-0.4, -0.2) is 13.3 Å². The lowest BCUT2D eigenvalue weighted by molar-refractivity contribution is 0.216. The average molecular weight is 96.1 g/mol. The fraction of sp³-hybridized carbons (Fsp3) is 0.200. The minimum atomic E-state index is 1.34. The van der Waals surface area contributed by atoms with Crippen LogP contribution < -0.4 is 0 Å². The van der Waals surface area contributed by atoms with E-state index in [0.29, 0.717) is 0 Å². The summed E-state index contributed by atoms with van der Waals surface area (Å²) < 4.78 is 0. The maximum Gasteiger partial charge on any atom is 0.116 e. The summed E-state index contributed by atoms with van der Waals surface area (Å²) in [7, 11) is 1.46. The van der Waals surface area contributed by atoms with Gasteiger partial charge in [0, 0.05) is 6.92 Å². The molecule has 7 heavy (non-hydrogen) atoms. The summed E-state index contributed by atoms with van der Waals surface area (Å²) in [5.74, 6) is 4.84. The third-order valence-electron chi connectivity index (χ3n) is 0.325. The van der Waals surface area contributed by atoms with Gasteiger partial charge in [0.25, 0.3) is 0 Å². The second kappa shape index (κ2) is 5.03. The molecule has 37 valence electrons. The largest absolute Gasteiger partial charge is 0.399 e. The topological polar surface area (TPSA) is 21.6 Å². The molecule has 0 aliphatic rings. The van der Waals surface area contributed by atoms with Crippen LogP contribution in [0.4, 0.5) is 0 Å². The maximum absolute atomic E-state index is 4.28. The Morgan fingerprint density at radius 2 is 2.57 bits per heavy atom. The Balaban J connectivity index is 3.21. The Labute approximate surface area is 43.2 Å². The van der Waals surface area contributed by atoms with Crippen molar-refractivity contribution in [2.24, 2.45) is 5.16 Å². The fourth-order valence-corrected chi connectivity index (χ4v) is 0.125. The molecule has 0 bridgehead atoms. The second-order valence-corrected chi connectivity index (χ2v) is 0.738. The molecule has 0 fully saturated rings. The number of oxime groups is 1. The van der Waals surface area contributed by atoms with Gasteiger partial charge in [-0.25, -0.2) is 0 Å². The quantitative estimate of drug-likeness (QED) is 0.264. The first kappa shape index (κ1) is 6.03. The maximum atomic E-state index is 4.28. The van der Waals surface area contributed by atoms with Gasteiger partial charge in [0.05, 0.1) is 0 Å². The second-order valence-electron chi connectivity index (χ2n) is 0.738. The van der Waals surface area contributed by atoms with Crippen molar-refractivity contribution < 1.29 is 4.84 Å². The zero-order chi connectivity index (χ0) is 5.54. The van der Waals surface area contributed by atoms with E-state index in [9.17, 15) is 0 Å².